The van der Waals surface area contributed by atoms with E-state index in [2.05, 4.69) is 6.92 Å². The number of aliphatic carboxylic acids is 1. The molecule has 0 aromatic heterocycles. The van der Waals surface area contributed by atoms with E-state index in [1.165, 1.54) is 0 Å². The Morgan fingerprint density at radius 1 is 0.973 bits per heavy atom. The van der Waals surface area contributed by atoms with Gasteiger partial charge in [0.25, 0.3) is 0 Å². The summed E-state index contributed by atoms with van der Waals surface area (Å²) in [5, 5.41) is 19.7. The van der Waals surface area contributed by atoms with Gasteiger partial charge in [-0.3, -0.25) is 14.4 Å². The Labute approximate surface area is 223 Å². The van der Waals surface area contributed by atoms with Crippen LogP contribution < -0.4 is 0 Å². The third-order valence-electron chi connectivity index (χ3n) is 6.61. The maximum absolute atomic E-state index is 12.7. The lowest BCUT2D eigenvalue weighted by molar-refractivity contribution is -0.160. The standard InChI is InChI=1S/C30H50O7/c1-8-9-12-15-21(36-27(34)29(2,3)4)18-19-23-22(16-13-10-11-14-17-26(32)33)24(31)20-25(23)37-28(35)30(5,6)7/h10,13,18-19,21-25,31H,8-9,11-12,14-17,20H2,1-7H3,(H,32,33)/b13-10-,19-18+/t21-,22+,23+,24-,25+/m0/s1. The van der Waals surface area contributed by atoms with E-state index in [1.54, 1.807) is 20.8 Å². The van der Waals surface area contributed by atoms with Crippen LogP contribution in [-0.4, -0.2) is 46.4 Å². The quantitative estimate of drug-likeness (QED) is 0.158. The van der Waals surface area contributed by atoms with Gasteiger partial charge in [-0.05, 0) is 85.6 Å². The summed E-state index contributed by atoms with van der Waals surface area (Å²) >= 11 is 0. The molecule has 1 saturated carbocycles. The van der Waals surface area contributed by atoms with Crippen LogP contribution in [0.5, 0.6) is 0 Å². The van der Waals surface area contributed by atoms with Crippen molar-refractivity contribution in [1.29, 1.82) is 0 Å². The van der Waals surface area contributed by atoms with Gasteiger partial charge in [0.15, 0.2) is 0 Å². The number of unbranched alkanes of at least 4 members (excludes halogenated alkanes) is 3. The minimum absolute atomic E-state index is 0.124. The molecule has 0 saturated heterocycles. The molecule has 0 aromatic rings. The lowest BCUT2D eigenvalue weighted by atomic mass is 9.89. The molecule has 0 aliphatic heterocycles. The van der Waals surface area contributed by atoms with Crippen LogP contribution in [0.15, 0.2) is 24.3 Å². The Hall–Kier alpha value is -2.15. The lowest BCUT2D eigenvalue weighted by Crippen LogP contribution is -2.31. The molecule has 0 heterocycles. The topological polar surface area (TPSA) is 110 Å². The van der Waals surface area contributed by atoms with E-state index in [0.717, 1.165) is 19.3 Å². The van der Waals surface area contributed by atoms with Gasteiger partial charge in [0.05, 0.1) is 16.9 Å². The van der Waals surface area contributed by atoms with Crippen molar-refractivity contribution in [1.82, 2.24) is 0 Å². The van der Waals surface area contributed by atoms with Gasteiger partial charge >= 0.3 is 17.9 Å². The fourth-order valence-corrected chi connectivity index (χ4v) is 4.22. The number of carboxylic acids is 1. The fraction of sp³-hybridized carbons (Fsp3) is 0.767. The molecule has 1 aliphatic carbocycles. The largest absolute Gasteiger partial charge is 0.481 e. The zero-order valence-corrected chi connectivity index (χ0v) is 24.0. The number of rotatable bonds is 14. The SMILES string of the molecule is CCCCC[C@@H](/C=C/[C@@H]1[C@@H](C/C=C\CCCC(=O)O)[C@@H](O)C[C@H]1OC(=O)C(C)(C)C)OC(=O)C(C)(C)C. The first-order valence-electron chi connectivity index (χ1n) is 13.8. The predicted octanol–water partition coefficient (Wildman–Crippen LogP) is 6.24. The second kappa shape index (κ2) is 15.3. The number of hydrogen-bond donors (Lipinski definition) is 2. The molecule has 1 aliphatic rings. The van der Waals surface area contributed by atoms with Crippen LogP contribution in [0.4, 0.5) is 0 Å². The van der Waals surface area contributed by atoms with E-state index in [-0.39, 0.29) is 36.3 Å². The summed E-state index contributed by atoms with van der Waals surface area (Å²) in [6.45, 7) is 13.0. The fourth-order valence-electron chi connectivity index (χ4n) is 4.22. The first-order valence-corrected chi connectivity index (χ1v) is 13.8. The van der Waals surface area contributed by atoms with Gasteiger partial charge in [0, 0.05) is 18.8 Å². The third-order valence-corrected chi connectivity index (χ3v) is 6.61. The maximum atomic E-state index is 12.7. The minimum Gasteiger partial charge on any atom is -0.481 e. The molecule has 5 atom stereocenters. The number of carboxylic acid groups (broad SMARTS) is 1. The van der Waals surface area contributed by atoms with E-state index >= 15 is 0 Å². The molecule has 0 bridgehead atoms. The summed E-state index contributed by atoms with van der Waals surface area (Å²) in [6.07, 6.45) is 12.3. The van der Waals surface area contributed by atoms with Crippen molar-refractivity contribution < 1.29 is 34.1 Å². The van der Waals surface area contributed by atoms with Crippen LogP contribution in [0.1, 0.15) is 106 Å². The van der Waals surface area contributed by atoms with Crippen LogP contribution >= 0.6 is 0 Å². The summed E-state index contributed by atoms with van der Waals surface area (Å²) in [6, 6.07) is 0. The average molecular weight is 523 g/mol. The Kier molecular flexibility index (Phi) is 13.6. The molecular formula is C30H50O7. The molecule has 0 aromatic carbocycles. The van der Waals surface area contributed by atoms with Crippen molar-refractivity contribution in [3.63, 3.8) is 0 Å². The van der Waals surface area contributed by atoms with Gasteiger partial charge in [-0.2, -0.15) is 0 Å². The normalized spacial score (nSPS) is 23.5. The van der Waals surface area contributed by atoms with Crippen molar-refractivity contribution >= 4 is 17.9 Å². The Bertz CT molecular complexity index is 785. The monoisotopic (exact) mass is 522 g/mol. The zero-order valence-electron chi connectivity index (χ0n) is 24.0. The van der Waals surface area contributed by atoms with E-state index in [4.69, 9.17) is 14.6 Å². The lowest BCUT2D eigenvalue weighted by Gasteiger charge is -2.26. The van der Waals surface area contributed by atoms with Crippen LogP contribution in [0, 0.1) is 22.7 Å². The van der Waals surface area contributed by atoms with Gasteiger partial charge in [-0.25, -0.2) is 0 Å². The zero-order chi connectivity index (χ0) is 28.2. The molecule has 37 heavy (non-hydrogen) atoms. The molecule has 0 amide bonds. The molecule has 7 nitrogen and oxygen atoms in total. The molecule has 2 N–H and O–H groups in total. The van der Waals surface area contributed by atoms with Gasteiger partial charge in [0.2, 0.25) is 0 Å². The molecule has 1 fully saturated rings. The van der Waals surface area contributed by atoms with E-state index < -0.39 is 29.0 Å². The molecule has 0 unspecified atom stereocenters. The molecule has 1 rings (SSSR count). The molecular weight excluding hydrogens is 472 g/mol. The number of ether oxygens (including phenoxy) is 2. The van der Waals surface area contributed by atoms with Crippen LogP contribution in [0.3, 0.4) is 0 Å². The van der Waals surface area contributed by atoms with Crippen LogP contribution in [0.2, 0.25) is 0 Å². The summed E-state index contributed by atoms with van der Waals surface area (Å²) in [7, 11) is 0. The highest BCUT2D eigenvalue weighted by atomic mass is 16.6. The molecule has 0 spiro atoms. The smallest absolute Gasteiger partial charge is 0.311 e. The highest BCUT2D eigenvalue weighted by Gasteiger charge is 2.44. The Morgan fingerprint density at radius 3 is 2.19 bits per heavy atom. The summed E-state index contributed by atoms with van der Waals surface area (Å²) < 4.78 is 11.7. The number of carbonyl (C=O) groups is 3. The Balaban J connectivity index is 3.10. The number of esters is 2. The number of aliphatic hydroxyl groups is 1. The third kappa shape index (κ3) is 12.3. The second-order valence-electron chi connectivity index (χ2n) is 12.3. The number of carbonyl (C=O) groups excluding carboxylic acids is 2. The average Bonchev–Trinajstić information content (AvgIpc) is 3.06. The molecule has 7 heteroatoms. The molecule has 212 valence electrons. The van der Waals surface area contributed by atoms with Crippen molar-refractivity contribution in [2.75, 3.05) is 0 Å². The summed E-state index contributed by atoms with van der Waals surface area (Å²) in [5.74, 6) is -1.78. The van der Waals surface area contributed by atoms with Crippen molar-refractivity contribution in [2.45, 2.75) is 125 Å². The van der Waals surface area contributed by atoms with Crippen LogP contribution in [-0.2, 0) is 23.9 Å². The first kappa shape index (κ1) is 32.9. The van der Waals surface area contributed by atoms with Crippen molar-refractivity contribution in [2.24, 2.45) is 22.7 Å². The second-order valence-corrected chi connectivity index (χ2v) is 12.3. The predicted molar refractivity (Wildman–Crippen MR) is 145 cm³/mol. The van der Waals surface area contributed by atoms with Crippen molar-refractivity contribution in [3.8, 4) is 0 Å². The first-order chi connectivity index (χ1) is 17.2. The summed E-state index contributed by atoms with van der Waals surface area (Å²) in [4.78, 5) is 36.0. The van der Waals surface area contributed by atoms with Gasteiger partial charge in [0.1, 0.15) is 12.2 Å². The highest BCUT2D eigenvalue weighted by molar-refractivity contribution is 5.76. The van der Waals surface area contributed by atoms with Crippen molar-refractivity contribution in [3.05, 3.63) is 24.3 Å². The maximum Gasteiger partial charge on any atom is 0.311 e. The minimum atomic E-state index is -0.811. The van der Waals surface area contributed by atoms with Gasteiger partial charge in [-0.1, -0.05) is 38.0 Å². The number of aliphatic hydroxyl groups excluding tert-OH is 1. The van der Waals surface area contributed by atoms with E-state index in [0.29, 0.717) is 32.1 Å². The molecule has 0 radical (unpaired) electrons. The van der Waals surface area contributed by atoms with E-state index in [1.807, 2.05) is 45.1 Å². The van der Waals surface area contributed by atoms with Gasteiger partial charge < -0.3 is 19.7 Å². The number of allylic oxidation sites excluding steroid dienone is 2. The number of hydrogen-bond acceptors (Lipinski definition) is 6. The highest BCUT2D eigenvalue weighted by Crippen LogP contribution is 2.39. The Morgan fingerprint density at radius 2 is 1.62 bits per heavy atom. The van der Waals surface area contributed by atoms with Gasteiger partial charge in [-0.15, -0.1) is 0 Å². The summed E-state index contributed by atoms with van der Waals surface area (Å²) in [5.41, 5.74) is -1.27. The van der Waals surface area contributed by atoms with Crippen LogP contribution in [0.25, 0.3) is 0 Å². The van der Waals surface area contributed by atoms with E-state index in [9.17, 15) is 19.5 Å².